The molecule has 1 heterocycles. The van der Waals surface area contributed by atoms with Crippen LogP contribution in [0.4, 0.5) is 0 Å². The van der Waals surface area contributed by atoms with Gasteiger partial charge in [-0.15, -0.1) is 9.36 Å². The lowest BCUT2D eigenvalue weighted by molar-refractivity contribution is -0.732. The Labute approximate surface area is 54.3 Å². The fraction of sp³-hybridized carbons (Fsp3) is 0.500. The molecule has 1 rings (SSSR count). The first-order valence-electron chi connectivity index (χ1n) is 2.14. The molecule has 0 aliphatic rings. The monoisotopic (exact) mass is 133 g/mol. The van der Waals surface area contributed by atoms with Crippen LogP contribution in [0.3, 0.4) is 0 Å². The molecule has 0 saturated heterocycles. The third-order valence-corrected chi connectivity index (χ3v) is 0.780. The van der Waals surface area contributed by atoms with Crippen molar-refractivity contribution in [1.29, 1.82) is 0 Å². The molecule has 3 nitrogen and oxygen atoms in total. The van der Waals surface area contributed by atoms with Crippen LogP contribution < -0.4 is 17.1 Å². The first-order valence-corrected chi connectivity index (χ1v) is 2.14. The summed E-state index contributed by atoms with van der Waals surface area (Å²) in [5.41, 5.74) is 0. The molecule has 0 spiro atoms. The van der Waals surface area contributed by atoms with Gasteiger partial charge in [-0.3, -0.25) is 0 Å². The number of halogens is 1. The summed E-state index contributed by atoms with van der Waals surface area (Å²) < 4.78 is 3.50. The van der Waals surface area contributed by atoms with Crippen LogP contribution in [-0.2, 0) is 14.1 Å². The van der Waals surface area contributed by atoms with E-state index in [4.69, 9.17) is 0 Å². The molecule has 0 aromatic carbocycles. The molecule has 4 heteroatoms. The highest BCUT2D eigenvalue weighted by Gasteiger charge is 1.89. The van der Waals surface area contributed by atoms with Gasteiger partial charge in [0.25, 0.3) is 0 Å². The minimum atomic E-state index is 0. The number of aryl methyl sites for hydroxylation is 2. The van der Waals surface area contributed by atoms with Gasteiger partial charge >= 0.3 is 0 Å². The summed E-state index contributed by atoms with van der Waals surface area (Å²) in [6, 6.07) is 0. The van der Waals surface area contributed by atoms with Gasteiger partial charge in [0.1, 0.15) is 14.1 Å². The van der Waals surface area contributed by atoms with Crippen LogP contribution in [0.1, 0.15) is 0 Å². The number of rotatable bonds is 0. The summed E-state index contributed by atoms with van der Waals surface area (Å²) in [6.07, 6.45) is 3.78. The zero-order chi connectivity index (χ0) is 5.28. The average Bonchev–Trinajstić information content (AvgIpc) is 1.87. The number of hydrogen-bond acceptors (Lipinski definition) is 1. The van der Waals surface area contributed by atoms with Gasteiger partial charge in [0, 0.05) is 0 Å². The summed E-state index contributed by atoms with van der Waals surface area (Å²) in [5.74, 6) is 0. The maximum absolute atomic E-state index is 3.94. The second kappa shape index (κ2) is 2.67. The van der Waals surface area contributed by atoms with E-state index in [1.54, 1.807) is 9.36 Å². The molecular weight excluding hydrogens is 126 g/mol. The molecule has 0 amide bonds. The van der Waals surface area contributed by atoms with Gasteiger partial charge in [-0.2, -0.15) is 0 Å². The van der Waals surface area contributed by atoms with E-state index in [1.165, 1.54) is 0 Å². The van der Waals surface area contributed by atoms with E-state index in [2.05, 4.69) is 5.21 Å². The van der Waals surface area contributed by atoms with Gasteiger partial charge in [-0.05, 0) is 0 Å². The van der Waals surface area contributed by atoms with Crippen LogP contribution in [0.25, 0.3) is 0 Å². The quantitative estimate of drug-likeness (QED) is 0.334. The Morgan fingerprint density at radius 3 is 2.38 bits per heavy atom. The van der Waals surface area contributed by atoms with Crippen LogP contribution in [0, 0.1) is 0 Å². The summed E-state index contributed by atoms with van der Waals surface area (Å²) in [4.78, 5) is 0. The Hall–Kier alpha value is -0.570. The first kappa shape index (κ1) is 7.43. The molecule has 0 aliphatic heterocycles. The third-order valence-electron chi connectivity index (χ3n) is 0.780. The zero-order valence-electron chi connectivity index (χ0n) is 4.87. The van der Waals surface area contributed by atoms with Crippen molar-refractivity contribution in [2.24, 2.45) is 14.1 Å². The molecule has 0 unspecified atom stereocenters. The molecule has 46 valence electrons. The molecular formula is C4H8ClN3. The SMILES string of the molecule is Cn1cc[n+](C)n1.[Cl-]. The predicted molar refractivity (Wildman–Crippen MR) is 24.4 cm³/mol. The molecule has 0 atom stereocenters. The van der Waals surface area contributed by atoms with Crippen molar-refractivity contribution in [3.05, 3.63) is 12.4 Å². The van der Waals surface area contributed by atoms with Crippen molar-refractivity contribution in [3.8, 4) is 0 Å². The number of hydrogen-bond donors (Lipinski definition) is 0. The Bertz CT molecular complexity index is 144. The second-order valence-electron chi connectivity index (χ2n) is 1.53. The summed E-state index contributed by atoms with van der Waals surface area (Å²) in [6.45, 7) is 0. The van der Waals surface area contributed by atoms with Gasteiger partial charge in [-0.25, -0.2) is 0 Å². The van der Waals surface area contributed by atoms with Crippen molar-refractivity contribution < 1.29 is 17.1 Å². The smallest absolute Gasteiger partial charge is 0.154 e. The molecule has 0 radical (unpaired) electrons. The Morgan fingerprint density at radius 2 is 2.25 bits per heavy atom. The van der Waals surface area contributed by atoms with E-state index < -0.39 is 0 Å². The van der Waals surface area contributed by atoms with Gasteiger partial charge < -0.3 is 12.4 Å². The lowest BCUT2D eigenvalue weighted by atomic mass is 10.9. The topological polar surface area (TPSA) is 21.7 Å². The normalized spacial score (nSPS) is 8.25. The van der Waals surface area contributed by atoms with Crippen LogP contribution in [0.5, 0.6) is 0 Å². The number of aromatic nitrogens is 3. The Morgan fingerprint density at radius 1 is 1.62 bits per heavy atom. The molecule has 0 fully saturated rings. The molecule has 0 N–H and O–H groups in total. The van der Waals surface area contributed by atoms with E-state index in [9.17, 15) is 0 Å². The van der Waals surface area contributed by atoms with E-state index in [-0.39, 0.29) is 12.4 Å². The maximum atomic E-state index is 3.94. The molecule has 8 heavy (non-hydrogen) atoms. The van der Waals surface area contributed by atoms with Crippen molar-refractivity contribution in [2.75, 3.05) is 0 Å². The van der Waals surface area contributed by atoms with E-state index >= 15 is 0 Å². The predicted octanol–water partition coefficient (Wildman–Crippen LogP) is -3.75. The van der Waals surface area contributed by atoms with Crippen LogP contribution in [0.2, 0.25) is 0 Å². The minimum Gasteiger partial charge on any atom is -1.00 e. The highest BCUT2D eigenvalue weighted by molar-refractivity contribution is 4.52. The van der Waals surface area contributed by atoms with Gasteiger partial charge in [-0.1, -0.05) is 0 Å². The van der Waals surface area contributed by atoms with Crippen LogP contribution in [-0.4, -0.2) is 9.90 Å². The minimum absolute atomic E-state index is 0. The van der Waals surface area contributed by atoms with Crippen molar-refractivity contribution in [1.82, 2.24) is 9.90 Å². The Kier molecular flexibility index (Phi) is 2.48. The lowest BCUT2D eigenvalue weighted by Crippen LogP contribution is -3.00. The van der Waals surface area contributed by atoms with Gasteiger partial charge in [0.05, 0.1) is 5.21 Å². The van der Waals surface area contributed by atoms with E-state index in [1.807, 2.05) is 26.5 Å². The van der Waals surface area contributed by atoms with Crippen LogP contribution >= 0.6 is 0 Å². The van der Waals surface area contributed by atoms with Crippen molar-refractivity contribution in [2.45, 2.75) is 0 Å². The average molecular weight is 134 g/mol. The molecule has 1 aromatic heterocycles. The summed E-state index contributed by atoms with van der Waals surface area (Å²) >= 11 is 0. The van der Waals surface area contributed by atoms with Crippen LogP contribution in [0.15, 0.2) is 12.4 Å². The maximum Gasteiger partial charge on any atom is 0.154 e. The van der Waals surface area contributed by atoms with Gasteiger partial charge in [0.2, 0.25) is 0 Å². The summed E-state index contributed by atoms with van der Waals surface area (Å²) in [5, 5.41) is 3.94. The largest absolute Gasteiger partial charge is 1.00 e. The van der Waals surface area contributed by atoms with E-state index in [0.717, 1.165) is 0 Å². The highest BCUT2D eigenvalue weighted by Crippen LogP contribution is 1.64. The van der Waals surface area contributed by atoms with Crippen molar-refractivity contribution >= 4 is 0 Å². The molecule has 0 saturated carbocycles. The zero-order valence-corrected chi connectivity index (χ0v) is 5.63. The second-order valence-corrected chi connectivity index (χ2v) is 1.53. The third kappa shape index (κ3) is 1.50. The highest BCUT2D eigenvalue weighted by atomic mass is 35.5. The Balaban J connectivity index is 0.000000490. The fourth-order valence-electron chi connectivity index (χ4n) is 0.475. The molecule has 0 aliphatic carbocycles. The number of nitrogens with zero attached hydrogens (tertiary/aromatic N) is 3. The molecule has 0 bridgehead atoms. The first-order chi connectivity index (χ1) is 3.29. The van der Waals surface area contributed by atoms with Gasteiger partial charge in [0.15, 0.2) is 12.4 Å². The lowest BCUT2D eigenvalue weighted by Gasteiger charge is -1.69. The molecule has 1 aromatic rings. The van der Waals surface area contributed by atoms with E-state index in [0.29, 0.717) is 0 Å². The standard InChI is InChI=1S/C4H8N3.ClH/c1-6-3-4-7(2)5-6;/h3-4H,1-2H3;1H/q+1;/p-1. The van der Waals surface area contributed by atoms with Crippen molar-refractivity contribution in [3.63, 3.8) is 0 Å². The summed E-state index contributed by atoms with van der Waals surface area (Å²) in [7, 11) is 3.78. The fourth-order valence-corrected chi connectivity index (χ4v) is 0.475.